The molecule has 19 heavy (non-hydrogen) atoms. The fraction of sp³-hybridized carbons (Fsp3) is 0.571. The summed E-state index contributed by atoms with van der Waals surface area (Å²) in [6.45, 7) is 9.26. The van der Waals surface area contributed by atoms with Gasteiger partial charge in [-0.25, -0.2) is 4.39 Å². The van der Waals surface area contributed by atoms with Crippen LogP contribution in [0.5, 0.6) is 5.75 Å². The van der Waals surface area contributed by atoms with Gasteiger partial charge in [0, 0.05) is 38.8 Å². The Morgan fingerprint density at radius 2 is 1.89 bits per heavy atom. The molecule has 0 aliphatic carbocycles. The number of benzene rings is 1. The van der Waals surface area contributed by atoms with Gasteiger partial charge < -0.3 is 9.64 Å². The van der Waals surface area contributed by atoms with Crippen LogP contribution in [0.1, 0.15) is 6.92 Å². The van der Waals surface area contributed by atoms with Gasteiger partial charge in [-0.3, -0.25) is 4.90 Å². The van der Waals surface area contributed by atoms with Gasteiger partial charge in [-0.2, -0.15) is 0 Å². The summed E-state index contributed by atoms with van der Waals surface area (Å²) in [6.07, 6.45) is 0. The highest BCUT2D eigenvalue weighted by atomic mass is 79.9. The Kier molecular flexibility index (Phi) is 5.60. The van der Waals surface area contributed by atoms with Gasteiger partial charge in [0.1, 0.15) is 18.2 Å². The van der Waals surface area contributed by atoms with Crippen molar-refractivity contribution >= 4 is 15.9 Å². The number of rotatable bonds is 5. The molecule has 1 fully saturated rings. The maximum Gasteiger partial charge on any atom is 0.141 e. The minimum atomic E-state index is -0.283. The van der Waals surface area contributed by atoms with Crippen molar-refractivity contribution in [2.24, 2.45) is 0 Å². The maximum absolute atomic E-state index is 13.3. The summed E-state index contributed by atoms with van der Waals surface area (Å²) in [5.41, 5.74) is 0. The third-order valence-corrected chi connectivity index (χ3v) is 4.12. The Morgan fingerprint density at radius 1 is 1.21 bits per heavy atom. The largest absolute Gasteiger partial charge is 0.492 e. The molecule has 0 bridgehead atoms. The highest BCUT2D eigenvalue weighted by Crippen LogP contribution is 2.20. The average molecular weight is 331 g/mol. The van der Waals surface area contributed by atoms with E-state index in [1.165, 1.54) is 6.07 Å². The predicted octanol–water partition coefficient (Wildman–Crippen LogP) is 2.60. The summed E-state index contributed by atoms with van der Waals surface area (Å²) in [4.78, 5) is 4.84. The number of hydrogen-bond acceptors (Lipinski definition) is 3. The molecule has 2 rings (SSSR count). The number of ether oxygens (including phenoxy) is 1. The van der Waals surface area contributed by atoms with Gasteiger partial charge in [0.2, 0.25) is 0 Å². The Hall–Kier alpha value is -0.650. The second-order valence-electron chi connectivity index (χ2n) is 4.70. The fourth-order valence-electron chi connectivity index (χ4n) is 2.19. The van der Waals surface area contributed by atoms with E-state index in [4.69, 9.17) is 4.74 Å². The van der Waals surface area contributed by atoms with Gasteiger partial charge in [0.05, 0.1) is 4.47 Å². The molecular weight excluding hydrogens is 311 g/mol. The molecule has 0 aromatic heterocycles. The van der Waals surface area contributed by atoms with Crippen molar-refractivity contribution in [1.82, 2.24) is 9.80 Å². The number of likely N-dealkylation sites (N-methyl/N-ethyl adjacent to an activating group) is 1. The molecule has 1 aromatic rings. The van der Waals surface area contributed by atoms with E-state index in [-0.39, 0.29) is 5.82 Å². The highest BCUT2D eigenvalue weighted by molar-refractivity contribution is 9.10. The second-order valence-corrected chi connectivity index (χ2v) is 5.55. The maximum atomic E-state index is 13.3. The van der Waals surface area contributed by atoms with Gasteiger partial charge >= 0.3 is 0 Å². The van der Waals surface area contributed by atoms with E-state index in [2.05, 4.69) is 32.7 Å². The lowest BCUT2D eigenvalue weighted by atomic mass is 10.3. The van der Waals surface area contributed by atoms with Crippen LogP contribution in [-0.2, 0) is 0 Å². The first kappa shape index (κ1) is 14.8. The number of hydrogen-bond donors (Lipinski definition) is 0. The first-order valence-electron chi connectivity index (χ1n) is 6.71. The molecule has 0 unspecified atom stereocenters. The van der Waals surface area contributed by atoms with E-state index in [0.29, 0.717) is 16.8 Å². The lowest BCUT2D eigenvalue weighted by molar-refractivity contribution is 0.121. The number of piperazine rings is 1. The molecule has 0 spiro atoms. The van der Waals surface area contributed by atoms with Crippen LogP contribution in [0.3, 0.4) is 0 Å². The van der Waals surface area contributed by atoms with Crippen LogP contribution >= 0.6 is 15.9 Å². The predicted molar refractivity (Wildman–Crippen MR) is 78.1 cm³/mol. The third-order valence-electron chi connectivity index (χ3n) is 3.48. The van der Waals surface area contributed by atoms with Crippen LogP contribution in [0, 0.1) is 5.82 Å². The summed E-state index contributed by atoms with van der Waals surface area (Å²) in [6, 6.07) is 4.87. The Labute approximate surface area is 122 Å². The van der Waals surface area contributed by atoms with E-state index >= 15 is 0 Å². The fourth-order valence-corrected chi connectivity index (χ4v) is 2.43. The van der Waals surface area contributed by atoms with Crippen LogP contribution in [0.4, 0.5) is 4.39 Å². The van der Waals surface area contributed by atoms with Crippen molar-refractivity contribution in [3.63, 3.8) is 0 Å². The molecule has 1 heterocycles. The molecule has 1 aromatic carbocycles. The van der Waals surface area contributed by atoms with E-state index in [1.54, 1.807) is 12.1 Å². The zero-order valence-electron chi connectivity index (χ0n) is 11.2. The van der Waals surface area contributed by atoms with Crippen LogP contribution < -0.4 is 4.74 Å². The Morgan fingerprint density at radius 3 is 2.53 bits per heavy atom. The van der Waals surface area contributed by atoms with Crippen molar-refractivity contribution in [3.8, 4) is 5.75 Å². The van der Waals surface area contributed by atoms with E-state index in [0.717, 1.165) is 39.3 Å². The lowest BCUT2D eigenvalue weighted by Crippen LogP contribution is -2.47. The van der Waals surface area contributed by atoms with Crippen LogP contribution in [0.25, 0.3) is 0 Å². The minimum absolute atomic E-state index is 0.283. The SMILES string of the molecule is CCN1CCN(CCOc2ccc(Br)c(F)c2)CC1. The molecule has 0 radical (unpaired) electrons. The van der Waals surface area contributed by atoms with Crippen LogP contribution in [-0.4, -0.2) is 55.7 Å². The first-order chi connectivity index (χ1) is 9.19. The molecule has 1 saturated heterocycles. The summed E-state index contributed by atoms with van der Waals surface area (Å²) in [5, 5.41) is 0. The summed E-state index contributed by atoms with van der Waals surface area (Å²) >= 11 is 3.13. The van der Waals surface area contributed by atoms with Crippen LogP contribution in [0.15, 0.2) is 22.7 Å². The van der Waals surface area contributed by atoms with Crippen molar-refractivity contribution in [3.05, 3.63) is 28.5 Å². The van der Waals surface area contributed by atoms with Crippen molar-refractivity contribution < 1.29 is 9.13 Å². The molecule has 0 N–H and O–H groups in total. The Bertz CT molecular complexity index is 408. The van der Waals surface area contributed by atoms with Gasteiger partial charge in [-0.15, -0.1) is 0 Å². The number of halogens is 2. The lowest BCUT2D eigenvalue weighted by Gasteiger charge is -2.33. The molecule has 3 nitrogen and oxygen atoms in total. The van der Waals surface area contributed by atoms with Gasteiger partial charge in [-0.1, -0.05) is 6.92 Å². The number of nitrogens with zero attached hydrogens (tertiary/aromatic N) is 2. The molecule has 1 aliphatic rings. The molecule has 0 amide bonds. The minimum Gasteiger partial charge on any atom is -0.492 e. The monoisotopic (exact) mass is 330 g/mol. The molecular formula is C14H20BrFN2O. The average Bonchev–Trinajstić information content (AvgIpc) is 2.43. The van der Waals surface area contributed by atoms with Crippen LogP contribution in [0.2, 0.25) is 0 Å². The van der Waals surface area contributed by atoms with E-state index in [9.17, 15) is 4.39 Å². The topological polar surface area (TPSA) is 15.7 Å². The standard InChI is InChI=1S/C14H20BrFN2O/c1-2-17-5-7-18(8-6-17)9-10-19-12-3-4-13(15)14(16)11-12/h3-4,11H,2,5-10H2,1H3. The molecule has 106 valence electrons. The summed E-state index contributed by atoms with van der Waals surface area (Å²) in [5.74, 6) is 0.307. The normalized spacial score (nSPS) is 17.6. The Balaban J connectivity index is 1.70. The molecule has 5 heteroatoms. The quantitative estimate of drug-likeness (QED) is 0.825. The molecule has 1 aliphatic heterocycles. The van der Waals surface area contributed by atoms with Gasteiger partial charge in [-0.05, 0) is 34.6 Å². The smallest absolute Gasteiger partial charge is 0.141 e. The molecule has 0 atom stereocenters. The zero-order valence-corrected chi connectivity index (χ0v) is 12.8. The van der Waals surface area contributed by atoms with Crippen molar-refractivity contribution in [1.29, 1.82) is 0 Å². The summed E-state index contributed by atoms with van der Waals surface area (Å²) < 4.78 is 19.4. The van der Waals surface area contributed by atoms with E-state index in [1.807, 2.05) is 0 Å². The third kappa shape index (κ3) is 4.44. The first-order valence-corrected chi connectivity index (χ1v) is 7.51. The second kappa shape index (κ2) is 7.22. The van der Waals surface area contributed by atoms with Gasteiger partial charge in [0.25, 0.3) is 0 Å². The zero-order chi connectivity index (χ0) is 13.7. The highest BCUT2D eigenvalue weighted by Gasteiger charge is 2.14. The van der Waals surface area contributed by atoms with Crippen molar-refractivity contribution in [2.75, 3.05) is 45.9 Å². The van der Waals surface area contributed by atoms with Crippen molar-refractivity contribution in [2.45, 2.75) is 6.92 Å². The molecule has 0 saturated carbocycles. The van der Waals surface area contributed by atoms with Gasteiger partial charge in [0.15, 0.2) is 0 Å². The van der Waals surface area contributed by atoms with E-state index < -0.39 is 0 Å². The summed E-state index contributed by atoms with van der Waals surface area (Å²) in [7, 11) is 0.